The number of amides is 1. The van der Waals surface area contributed by atoms with Gasteiger partial charge in [0, 0.05) is 50.7 Å². The van der Waals surface area contributed by atoms with Crippen molar-refractivity contribution >= 4 is 11.6 Å². The molecule has 4 heteroatoms. The minimum Gasteiger partial charge on any atom is -0.368 e. The molecular formula is C25H29N3O. The molecule has 0 N–H and O–H groups in total. The van der Waals surface area contributed by atoms with Crippen LogP contribution < -0.4 is 4.90 Å². The maximum absolute atomic E-state index is 13.5. The molecule has 1 atom stereocenters. The van der Waals surface area contributed by atoms with Crippen LogP contribution in [0.15, 0.2) is 73.1 Å². The Morgan fingerprint density at radius 3 is 2.28 bits per heavy atom. The van der Waals surface area contributed by atoms with Gasteiger partial charge in [0.1, 0.15) is 6.04 Å². The standard InChI is InChI=1S/C25H29N3O/c1-20-10-11-21(2)23(18-20)27-14-16-28(17-15-27)25(29)24(26-12-6-7-13-26)19-22-8-4-3-5-9-22/h3-13,18,24H,14-17,19H2,1-2H3/t24-/m1/s1. The lowest BCUT2D eigenvalue weighted by atomic mass is 10.0. The number of carbonyl (C=O) groups is 1. The van der Waals surface area contributed by atoms with Gasteiger partial charge >= 0.3 is 0 Å². The van der Waals surface area contributed by atoms with Crippen LogP contribution in [0.3, 0.4) is 0 Å². The van der Waals surface area contributed by atoms with Gasteiger partial charge in [-0.3, -0.25) is 4.79 Å². The van der Waals surface area contributed by atoms with E-state index < -0.39 is 0 Å². The highest BCUT2D eigenvalue weighted by Crippen LogP contribution is 2.24. The quantitative estimate of drug-likeness (QED) is 0.655. The second-order valence-corrected chi connectivity index (χ2v) is 7.94. The van der Waals surface area contributed by atoms with Crippen LogP contribution in [0.2, 0.25) is 0 Å². The molecule has 2 aromatic carbocycles. The number of nitrogens with zero attached hydrogens (tertiary/aromatic N) is 3. The number of benzene rings is 2. The highest BCUT2D eigenvalue weighted by atomic mass is 16.2. The van der Waals surface area contributed by atoms with E-state index in [9.17, 15) is 4.79 Å². The van der Waals surface area contributed by atoms with Crippen molar-refractivity contribution in [3.05, 3.63) is 89.7 Å². The van der Waals surface area contributed by atoms with Crippen molar-refractivity contribution in [2.75, 3.05) is 31.1 Å². The highest BCUT2D eigenvalue weighted by molar-refractivity contribution is 5.81. The molecule has 150 valence electrons. The molecule has 0 saturated carbocycles. The third kappa shape index (κ3) is 4.37. The van der Waals surface area contributed by atoms with Gasteiger partial charge in [-0.15, -0.1) is 0 Å². The van der Waals surface area contributed by atoms with E-state index in [1.54, 1.807) is 0 Å². The molecule has 0 bridgehead atoms. The normalized spacial score (nSPS) is 15.4. The Labute approximate surface area is 173 Å². The van der Waals surface area contributed by atoms with E-state index in [1.165, 1.54) is 22.4 Å². The molecule has 4 rings (SSSR count). The average Bonchev–Trinajstić information content (AvgIpc) is 3.29. The molecule has 2 heterocycles. The van der Waals surface area contributed by atoms with Gasteiger partial charge in [0.25, 0.3) is 0 Å². The molecule has 0 radical (unpaired) electrons. The lowest BCUT2D eigenvalue weighted by Gasteiger charge is -2.38. The van der Waals surface area contributed by atoms with Crippen LogP contribution in [0, 0.1) is 13.8 Å². The molecule has 0 unspecified atom stereocenters. The van der Waals surface area contributed by atoms with Gasteiger partial charge in [0.15, 0.2) is 0 Å². The van der Waals surface area contributed by atoms with Gasteiger partial charge < -0.3 is 14.4 Å². The van der Waals surface area contributed by atoms with Gasteiger partial charge in [-0.25, -0.2) is 0 Å². The van der Waals surface area contributed by atoms with Crippen LogP contribution in [0.4, 0.5) is 5.69 Å². The number of hydrogen-bond donors (Lipinski definition) is 0. The van der Waals surface area contributed by atoms with Crippen molar-refractivity contribution in [1.82, 2.24) is 9.47 Å². The first kappa shape index (κ1) is 19.3. The van der Waals surface area contributed by atoms with Crippen LogP contribution in [0.5, 0.6) is 0 Å². The Hall–Kier alpha value is -3.01. The van der Waals surface area contributed by atoms with E-state index in [0.717, 1.165) is 26.2 Å². The van der Waals surface area contributed by atoms with Crippen LogP contribution >= 0.6 is 0 Å². The number of hydrogen-bond acceptors (Lipinski definition) is 2. The van der Waals surface area contributed by atoms with E-state index in [2.05, 4.69) is 49.1 Å². The van der Waals surface area contributed by atoms with Crippen LogP contribution in [0.1, 0.15) is 22.7 Å². The number of rotatable bonds is 5. The second-order valence-electron chi connectivity index (χ2n) is 7.94. The third-order valence-corrected chi connectivity index (χ3v) is 5.84. The molecule has 1 aromatic heterocycles. The minimum atomic E-state index is -0.195. The Morgan fingerprint density at radius 2 is 1.59 bits per heavy atom. The first-order valence-electron chi connectivity index (χ1n) is 10.4. The summed E-state index contributed by atoms with van der Waals surface area (Å²) >= 11 is 0. The first-order valence-corrected chi connectivity index (χ1v) is 10.4. The monoisotopic (exact) mass is 387 g/mol. The summed E-state index contributed by atoms with van der Waals surface area (Å²) < 4.78 is 2.05. The van der Waals surface area contributed by atoms with Crippen LogP contribution in [-0.2, 0) is 11.2 Å². The SMILES string of the molecule is Cc1ccc(C)c(N2CCN(C(=O)[C@@H](Cc3ccccc3)n3cccc3)CC2)c1. The van der Waals surface area contributed by atoms with E-state index in [-0.39, 0.29) is 11.9 Å². The summed E-state index contributed by atoms with van der Waals surface area (Å²) in [6.07, 6.45) is 4.71. The van der Waals surface area contributed by atoms with Gasteiger partial charge in [0.2, 0.25) is 5.91 Å². The summed E-state index contributed by atoms with van der Waals surface area (Å²) in [5, 5.41) is 0. The molecule has 3 aromatic rings. The van der Waals surface area contributed by atoms with Crippen molar-refractivity contribution in [2.45, 2.75) is 26.3 Å². The van der Waals surface area contributed by atoms with Gasteiger partial charge in [0.05, 0.1) is 0 Å². The lowest BCUT2D eigenvalue weighted by Crippen LogP contribution is -2.51. The topological polar surface area (TPSA) is 28.5 Å². The summed E-state index contributed by atoms with van der Waals surface area (Å²) in [5.41, 5.74) is 5.06. The molecule has 1 saturated heterocycles. The number of aryl methyl sites for hydroxylation is 2. The molecular weight excluding hydrogens is 358 g/mol. The van der Waals surface area contributed by atoms with E-state index in [1.807, 2.05) is 52.2 Å². The number of aromatic nitrogens is 1. The number of anilines is 1. The summed E-state index contributed by atoms with van der Waals surface area (Å²) in [5.74, 6) is 0.214. The maximum Gasteiger partial charge on any atom is 0.246 e. The Balaban J connectivity index is 1.47. The third-order valence-electron chi connectivity index (χ3n) is 5.84. The zero-order chi connectivity index (χ0) is 20.2. The summed E-state index contributed by atoms with van der Waals surface area (Å²) in [6.45, 7) is 7.57. The van der Waals surface area contributed by atoms with Gasteiger partial charge in [-0.2, -0.15) is 0 Å². The van der Waals surface area contributed by atoms with Crippen molar-refractivity contribution < 1.29 is 4.79 Å². The zero-order valence-corrected chi connectivity index (χ0v) is 17.3. The zero-order valence-electron chi connectivity index (χ0n) is 17.3. The Bertz CT molecular complexity index is 941. The number of piperazine rings is 1. The van der Waals surface area contributed by atoms with Gasteiger partial charge in [-0.1, -0.05) is 42.5 Å². The van der Waals surface area contributed by atoms with E-state index >= 15 is 0 Å². The maximum atomic E-state index is 13.5. The molecule has 29 heavy (non-hydrogen) atoms. The largest absolute Gasteiger partial charge is 0.368 e. The predicted molar refractivity (Wildman–Crippen MR) is 118 cm³/mol. The highest BCUT2D eigenvalue weighted by Gasteiger charge is 2.29. The lowest BCUT2D eigenvalue weighted by molar-refractivity contribution is -0.135. The summed E-state index contributed by atoms with van der Waals surface area (Å²) in [7, 11) is 0. The van der Waals surface area contributed by atoms with Gasteiger partial charge in [-0.05, 0) is 48.7 Å². The van der Waals surface area contributed by atoms with Crippen molar-refractivity contribution in [1.29, 1.82) is 0 Å². The van der Waals surface area contributed by atoms with Crippen LogP contribution in [-0.4, -0.2) is 41.6 Å². The molecule has 1 amide bonds. The first-order chi connectivity index (χ1) is 14.1. The summed E-state index contributed by atoms with van der Waals surface area (Å²) in [4.78, 5) is 17.9. The van der Waals surface area contributed by atoms with E-state index in [4.69, 9.17) is 0 Å². The molecule has 1 aliphatic rings. The average molecular weight is 388 g/mol. The Kier molecular flexibility index (Phi) is 5.70. The Morgan fingerprint density at radius 1 is 0.897 bits per heavy atom. The molecule has 0 spiro atoms. The predicted octanol–water partition coefficient (Wildman–Crippen LogP) is 4.24. The molecule has 1 aliphatic heterocycles. The minimum absolute atomic E-state index is 0.195. The fourth-order valence-corrected chi connectivity index (χ4v) is 4.15. The molecule has 4 nitrogen and oxygen atoms in total. The smallest absolute Gasteiger partial charge is 0.246 e. The van der Waals surface area contributed by atoms with Crippen molar-refractivity contribution in [3.63, 3.8) is 0 Å². The second kappa shape index (κ2) is 8.56. The molecule has 1 fully saturated rings. The van der Waals surface area contributed by atoms with Crippen molar-refractivity contribution in [2.24, 2.45) is 0 Å². The fraction of sp³-hybridized carbons (Fsp3) is 0.320. The van der Waals surface area contributed by atoms with E-state index in [0.29, 0.717) is 6.42 Å². The van der Waals surface area contributed by atoms with Crippen LogP contribution in [0.25, 0.3) is 0 Å². The summed E-state index contributed by atoms with van der Waals surface area (Å²) in [6, 6.07) is 20.7. The fourth-order valence-electron chi connectivity index (χ4n) is 4.15. The number of carbonyl (C=O) groups excluding carboxylic acids is 1. The van der Waals surface area contributed by atoms with Crippen molar-refractivity contribution in [3.8, 4) is 0 Å². The molecule has 0 aliphatic carbocycles.